The molecule has 5 heterocycles. The van der Waals surface area contributed by atoms with Crippen molar-refractivity contribution < 1.29 is 105 Å². The van der Waals surface area contributed by atoms with Crippen molar-refractivity contribution in [2.75, 3.05) is 26.2 Å². The number of hydrogen-bond acceptors (Lipinski definition) is 22. The zero-order valence-electron chi connectivity index (χ0n) is 46.9. The molecule has 4 fully saturated rings. The number of rotatable bonds is 6. The third-order valence-corrected chi connectivity index (χ3v) is 15.9. The highest BCUT2D eigenvalue weighted by Crippen LogP contribution is 2.39. The van der Waals surface area contributed by atoms with Crippen molar-refractivity contribution in [3.63, 3.8) is 0 Å². The number of hydrogen-bond donors (Lipinski definition) is 15. The number of nitrogens with zero attached hydrogens (tertiary/aromatic N) is 1. The lowest BCUT2D eigenvalue weighted by Crippen LogP contribution is -2.69. The monoisotopic (exact) mass is 1150 g/mol. The van der Waals surface area contributed by atoms with Crippen LogP contribution in [0.1, 0.15) is 98.3 Å². The van der Waals surface area contributed by atoms with Crippen LogP contribution in [-0.2, 0) is 33.3 Å². The first-order chi connectivity index (χ1) is 38.3. The van der Waals surface area contributed by atoms with Crippen LogP contribution in [0.4, 0.5) is 0 Å². The maximum atomic E-state index is 14.4. The van der Waals surface area contributed by atoms with Gasteiger partial charge in [0, 0.05) is 50.6 Å². The predicted molar refractivity (Wildman–Crippen MR) is 293 cm³/mol. The van der Waals surface area contributed by atoms with Crippen molar-refractivity contribution in [3.8, 4) is 0 Å². The summed E-state index contributed by atoms with van der Waals surface area (Å²) in [6.07, 6.45) is -0.106. The summed E-state index contributed by atoms with van der Waals surface area (Å²) < 4.78 is 29.5. The molecule has 5 aliphatic rings. The van der Waals surface area contributed by atoms with Gasteiger partial charge in [0.15, 0.2) is 12.1 Å². The Morgan fingerprint density at radius 1 is 0.642 bits per heavy atom. The van der Waals surface area contributed by atoms with E-state index in [0.717, 1.165) is 6.42 Å². The molecule has 0 aromatic heterocycles. The Morgan fingerprint density at radius 3 is 1.88 bits per heavy atom. The quantitative estimate of drug-likeness (QED) is 0.143. The van der Waals surface area contributed by atoms with Crippen LogP contribution in [0.5, 0.6) is 0 Å². The van der Waals surface area contributed by atoms with Crippen LogP contribution in [0.3, 0.4) is 0 Å². The number of allylic oxidation sites excluding steroid dienone is 12. The Bertz CT molecular complexity index is 2140. The number of ether oxygens (including phenoxy) is 5. The minimum atomic E-state index is -2.45. The lowest BCUT2D eigenvalue weighted by atomic mass is 9.81. The van der Waals surface area contributed by atoms with Gasteiger partial charge in [-0.05, 0) is 52.4 Å². The Kier molecular flexibility index (Phi) is 27.4. The number of aliphatic hydroxyl groups excluding tert-OH is 12. The summed E-state index contributed by atoms with van der Waals surface area (Å²) in [5, 5.41) is 157. The number of amides is 1. The summed E-state index contributed by atoms with van der Waals surface area (Å²) in [7, 11) is 0. The van der Waals surface area contributed by atoms with E-state index in [0.29, 0.717) is 25.9 Å². The van der Waals surface area contributed by atoms with Gasteiger partial charge in [-0.25, -0.2) is 0 Å². The molecule has 81 heavy (non-hydrogen) atoms. The number of piperidine rings is 1. The normalized spacial score (nSPS) is 45.8. The van der Waals surface area contributed by atoms with Crippen LogP contribution in [-0.4, -0.2) is 236 Å². The second-order valence-electron chi connectivity index (χ2n) is 22.6. The van der Waals surface area contributed by atoms with E-state index >= 15 is 0 Å². The number of aliphatic hydroxyl groups is 14. The summed E-state index contributed by atoms with van der Waals surface area (Å²) in [5.41, 5.74) is 0. The maximum Gasteiger partial charge on any atom is 0.308 e. The number of fused-ring (bicyclic) bond motifs is 2. The van der Waals surface area contributed by atoms with Gasteiger partial charge in [0.25, 0.3) is 0 Å². The average molecular weight is 1150 g/mol. The van der Waals surface area contributed by atoms with E-state index in [-0.39, 0.29) is 31.6 Å². The molecule has 23 nitrogen and oxygen atoms in total. The molecule has 0 saturated carbocycles. The Morgan fingerprint density at radius 2 is 1.25 bits per heavy atom. The van der Waals surface area contributed by atoms with Crippen LogP contribution in [0.25, 0.3) is 0 Å². The number of carbonyl (C=O) groups excluding carboxylic acids is 2. The fraction of sp³-hybridized carbons (Fsp3) is 0.724. The molecule has 4 unspecified atom stereocenters. The average Bonchev–Trinajstić information content (AvgIpc) is 3.52. The molecule has 0 aliphatic carbocycles. The molecular formula is C58H92N2O21. The molecule has 5 rings (SSSR count). The molecule has 0 radical (unpaired) electrons. The lowest BCUT2D eigenvalue weighted by Gasteiger charge is -2.47. The SMILES string of the molecule is CC1[C@H](C)OC(=O)C[C@H](O)C[C@H](O)CC[C@@H](O)[C@H](O)C[C@H](O)C[C@]2(O)C[C@H](O)C(C(=O)N3CCCCC3)C(C[C@@H](OC3O[C@H](C)[C@@H](O)[C@H](NC[C@@]4(O)OC[C@@H](O)[C@H](O)[C@@H]4O)[C@@H]3O)/C=C/C=C/C=C/C=C/C=C/C=C/C=C/[C@H](C)[C@H]1O)O2. The number of likely N-dealkylation sites (tertiary alicyclic amines) is 1. The van der Waals surface area contributed by atoms with Crippen LogP contribution in [0.15, 0.2) is 85.1 Å². The molecule has 15 N–H and O–H groups in total. The fourth-order valence-electron chi connectivity index (χ4n) is 10.8. The first-order valence-corrected chi connectivity index (χ1v) is 28.5. The summed E-state index contributed by atoms with van der Waals surface area (Å²) in [5.74, 6) is -8.04. The van der Waals surface area contributed by atoms with Gasteiger partial charge in [-0.15, -0.1) is 0 Å². The molecule has 0 spiro atoms. The van der Waals surface area contributed by atoms with Crippen molar-refractivity contribution in [2.24, 2.45) is 17.8 Å². The Labute approximate surface area is 474 Å². The van der Waals surface area contributed by atoms with Gasteiger partial charge in [-0.2, -0.15) is 0 Å². The minimum Gasteiger partial charge on any atom is -0.462 e. The molecule has 4 saturated heterocycles. The van der Waals surface area contributed by atoms with Gasteiger partial charge in [0.1, 0.15) is 30.5 Å². The van der Waals surface area contributed by atoms with Crippen LogP contribution in [0, 0.1) is 17.8 Å². The highest BCUT2D eigenvalue weighted by molar-refractivity contribution is 5.80. The number of nitrogens with one attached hydrogen (secondary N) is 1. The lowest BCUT2D eigenvalue weighted by molar-refractivity contribution is -0.323. The molecule has 5 aliphatic heterocycles. The van der Waals surface area contributed by atoms with E-state index in [9.17, 15) is 81.1 Å². The first-order valence-electron chi connectivity index (χ1n) is 28.5. The van der Waals surface area contributed by atoms with E-state index in [1.807, 2.05) is 13.0 Å². The molecule has 0 aromatic carbocycles. The van der Waals surface area contributed by atoms with Gasteiger partial charge in [-0.3, -0.25) is 9.59 Å². The standard InChI is InChI=1S/C58H92N2O21/c1-34-20-16-13-11-9-7-5-6-8-10-12-14-17-21-41(80-56-53(72)49(51(70)37(4)79-56)59-33-58(76)54(73)52(71)45(67)32-77-58)29-46-48(55(74)60-24-18-15-19-25-60)44(66)31-57(75,81-46)30-40(63)27-43(65)42(64)23-22-38(61)26-39(62)28-47(68)78-36(3)35(2)50(34)69/h5-14,16-17,20-21,34-46,48-54,56,59,61-67,69-73,75-76H,15,18-19,22-33H2,1-4H3/b6-5+,9-7+,10-8+,13-11+,14-12+,20-16+,21-17+/t34-,35?,36-,37+,38+,39+,40-,41-,42+,43+,44-,45+,46?,48?,49-,50+,51+,52-,53-,54-,56?,57+,58+/m0/s1. The Hall–Kier alpha value is -3.64. The number of cyclic esters (lactones) is 1. The third kappa shape index (κ3) is 20.5. The summed E-state index contributed by atoms with van der Waals surface area (Å²) >= 11 is 0. The summed E-state index contributed by atoms with van der Waals surface area (Å²) in [4.78, 5) is 28.8. The van der Waals surface area contributed by atoms with E-state index in [2.05, 4.69) is 5.32 Å². The van der Waals surface area contributed by atoms with Crippen molar-refractivity contribution >= 4 is 11.9 Å². The first kappa shape index (κ1) is 68.1. The molecule has 0 aromatic rings. The van der Waals surface area contributed by atoms with Gasteiger partial charge in [0.2, 0.25) is 11.7 Å². The molecule has 23 atom stereocenters. The highest BCUT2D eigenvalue weighted by Gasteiger charge is 2.53. The summed E-state index contributed by atoms with van der Waals surface area (Å²) in [6, 6.07) is -1.33. The van der Waals surface area contributed by atoms with E-state index < -0.39 is 184 Å². The molecule has 23 heteroatoms. The molecular weight excluding hydrogens is 1060 g/mol. The van der Waals surface area contributed by atoms with E-state index in [1.54, 1.807) is 97.7 Å². The van der Waals surface area contributed by atoms with Crippen molar-refractivity contribution in [3.05, 3.63) is 85.1 Å². The maximum absolute atomic E-state index is 14.4. The third-order valence-electron chi connectivity index (χ3n) is 15.9. The zero-order chi connectivity index (χ0) is 59.6. The van der Waals surface area contributed by atoms with Crippen LogP contribution < -0.4 is 5.32 Å². The Balaban J connectivity index is 1.42. The van der Waals surface area contributed by atoms with Gasteiger partial charge < -0.3 is 105 Å². The molecule has 460 valence electrons. The van der Waals surface area contributed by atoms with Gasteiger partial charge >= 0.3 is 5.97 Å². The van der Waals surface area contributed by atoms with Gasteiger partial charge in [-0.1, -0.05) is 98.9 Å². The van der Waals surface area contributed by atoms with E-state index in [4.69, 9.17) is 23.7 Å². The highest BCUT2D eigenvalue weighted by atomic mass is 16.7. The van der Waals surface area contributed by atoms with Crippen molar-refractivity contribution in [1.82, 2.24) is 10.2 Å². The number of esters is 1. The minimum absolute atomic E-state index is 0.121. The number of carbonyl (C=O) groups is 2. The van der Waals surface area contributed by atoms with Crippen LogP contribution in [0.2, 0.25) is 0 Å². The predicted octanol–water partition coefficient (Wildman–Crippen LogP) is -0.928. The van der Waals surface area contributed by atoms with Crippen LogP contribution >= 0.6 is 0 Å². The molecule has 1 amide bonds. The zero-order valence-corrected chi connectivity index (χ0v) is 46.9. The smallest absolute Gasteiger partial charge is 0.308 e. The van der Waals surface area contributed by atoms with Crippen molar-refractivity contribution in [2.45, 2.75) is 220 Å². The second kappa shape index (κ2) is 32.6. The summed E-state index contributed by atoms with van der Waals surface area (Å²) in [6.45, 7) is 6.32. The fourth-order valence-corrected chi connectivity index (χ4v) is 10.8. The topological polar surface area (TPSA) is 379 Å². The van der Waals surface area contributed by atoms with E-state index in [1.165, 1.54) is 6.92 Å². The second-order valence-corrected chi connectivity index (χ2v) is 22.6. The largest absolute Gasteiger partial charge is 0.462 e. The van der Waals surface area contributed by atoms with Gasteiger partial charge in [0.05, 0.1) is 98.7 Å². The van der Waals surface area contributed by atoms with Crippen molar-refractivity contribution in [1.29, 1.82) is 0 Å². The molecule has 2 bridgehead atoms.